The molecule has 1 aromatic rings. The predicted octanol–water partition coefficient (Wildman–Crippen LogP) is 1.96. The predicted molar refractivity (Wildman–Crippen MR) is 79.6 cm³/mol. The van der Waals surface area contributed by atoms with Gasteiger partial charge in [0.15, 0.2) is 0 Å². The van der Waals surface area contributed by atoms with E-state index in [0.717, 1.165) is 25.0 Å². The van der Waals surface area contributed by atoms with Crippen LogP contribution in [0.5, 0.6) is 5.75 Å². The van der Waals surface area contributed by atoms with Crippen molar-refractivity contribution in [2.75, 3.05) is 20.2 Å². The Morgan fingerprint density at radius 1 is 1.45 bits per heavy atom. The number of nitrogens with zero attached hydrogens (tertiary/aromatic N) is 1. The Morgan fingerprint density at radius 3 is 2.90 bits per heavy atom. The van der Waals surface area contributed by atoms with Crippen LogP contribution in [0.4, 0.5) is 0 Å². The highest BCUT2D eigenvalue weighted by atomic mass is 16.5. The first-order chi connectivity index (χ1) is 9.58. The summed E-state index contributed by atoms with van der Waals surface area (Å²) in [6.45, 7) is 3.13. The average Bonchev–Trinajstić information content (AvgIpc) is 2.84. The van der Waals surface area contributed by atoms with E-state index in [1.807, 2.05) is 38.2 Å². The molecule has 0 aromatic heterocycles. The molecule has 0 aliphatic heterocycles. The lowest BCUT2D eigenvalue weighted by molar-refractivity contribution is -0.134. The topological polar surface area (TPSA) is 55.6 Å². The van der Waals surface area contributed by atoms with Crippen molar-refractivity contribution in [1.82, 2.24) is 4.90 Å². The number of carbonyl (C=O) groups excluding carboxylic acids is 1. The molecule has 1 fully saturated rings. The number of carbonyl (C=O) groups is 1. The normalized spacial score (nSPS) is 21.8. The minimum Gasteiger partial charge on any atom is -0.492 e. The lowest BCUT2D eigenvalue weighted by Crippen LogP contribution is -2.41. The van der Waals surface area contributed by atoms with Crippen molar-refractivity contribution in [3.8, 4) is 5.75 Å². The van der Waals surface area contributed by atoms with Crippen molar-refractivity contribution in [3.05, 3.63) is 29.8 Å². The fourth-order valence-corrected chi connectivity index (χ4v) is 2.69. The number of hydrogen-bond donors (Lipinski definition) is 1. The fourth-order valence-electron chi connectivity index (χ4n) is 2.69. The Kier molecular flexibility index (Phi) is 5.01. The molecule has 20 heavy (non-hydrogen) atoms. The summed E-state index contributed by atoms with van der Waals surface area (Å²) in [5, 5.41) is 0. The van der Waals surface area contributed by atoms with Gasteiger partial charge in [0.25, 0.3) is 0 Å². The number of benzene rings is 1. The molecule has 1 amide bonds. The number of amides is 1. The van der Waals surface area contributed by atoms with Gasteiger partial charge in [-0.1, -0.05) is 18.6 Å². The minimum absolute atomic E-state index is 0.000954. The molecule has 2 N–H and O–H groups in total. The van der Waals surface area contributed by atoms with Crippen molar-refractivity contribution in [1.29, 1.82) is 0 Å². The number of ether oxygens (including phenoxy) is 1. The first-order valence-electron chi connectivity index (χ1n) is 7.28. The summed E-state index contributed by atoms with van der Waals surface area (Å²) >= 11 is 0. The first kappa shape index (κ1) is 14.9. The van der Waals surface area contributed by atoms with Crippen molar-refractivity contribution in [3.63, 3.8) is 0 Å². The Labute approximate surface area is 120 Å². The largest absolute Gasteiger partial charge is 0.492 e. The molecule has 1 aliphatic carbocycles. The van der Waals surface area contributed by atoms with E-state index in [-0.39, 0.29) is 17.9 Å². The van der Waals surface area contributed by atoms with E-state index >= 15 is 0 Å². The third kappa shape index (κ3) is 3.73. The highest BCUT2D eigenvalue weighted by molar-refractivity contribution is 5.79. The molecule has 0 bridgehead atoms. The van der Waals surface area contributed by atoms with E-state index in [1.54, 1.807) is 4.90 Å². The number of hydrogen-bond acceptors (Lipinski definition) is 3. The summed E-state index contributed by atoms with van der Waals surface area (Å²) in [5.41, 5.74) is 7.15. The third-order valence-corrected chi connectivity index (χ3v) is 3.95. The van der Waals surface area contributed by atoms with E-state index in [0.29, 0.717) is 13.2 Å². The van der Waals surface area contributed by atoms with Crippen molar-refractivity contribution >= 4 is 5.91 Å². The Morgan fingerprint density at radius 2 is 2.25 bits per heavy atom. The maximum atomic E-state index is 12.2. The number of nitrogens with two attached hydrogens (primary N) is 1. The molecule has 2 atom stereocenters. The van der Waals surface area contributed by atoms with E-state index in [4.69, 9.17) is 10.5 Å². The second kappa shape index (κ2) is 6.75. The second-order valence-corrected chi connectivity index (χ2v) is 5.63. The summed E-state index contributed by atoms with van der Waals surface area (Å²) in [6, 6.07) is 7.96. The molecule has 0 radical (unpaired) electrons. The zero-order valence-corrected chi connectivity index (χ0v) is 12.3. The number of rotatable bonds is 5. The van der Waals surface area contributed by atoms with Gasteiger partial charge in [0.2, 0.25) is 5.91 Å². The van der Waals surface area contributed by atoms with E-state index in [9.17, 15) is 4.79 Å². The van der Waals surface area contributed by atoms with E-state index in [2.05, 4.69) is 0 Å². The highest BCUT2D eigenvalue weighted by Gasteiger charge is 2.31. The van der Waals surface area contributed by atoms with Crippen molar-refractivity contribution < 1.29 is 9.53 Å². The van der Waals surface area contributed by atoms with Gasteiger partial charge < -0.3 is 15.4 Å². The Bertz CT molecular complexity index is 462. The van der Waals surface area contributed by atoms with Gasteiger partial charge in [0, 0.05) is 13.1 Å². The lowest BCUT2D eigenvalue weighted by Gasteiger charge is -2.23. The molecule has 4 heteroatoms. The molecule has 0 heterocycles. The lowest BCUT2D eigenvalue weighted by atomic mass is 10.0. The Hall–Kier alpha value is -1.55. The minimum atomic E-state index is -0.000954. The average molecular weight is 276 g/mol. The van der Waals surface area contributed by atoms with Crippen LogP contribution in [0.25, 0.3) is 0 Å². The van der Waals surface area contributed by atoms with Gasteiger partial charge in [-0.3, -0.25) is 4.79 Å². The summed E-state index contributed by atoms with van der Waals surface area (Å²) in [6.07, 6.45) is 2.94. The van der Waals surface area contributed by atoms with Crippen LogP contribution in [0.15, 0.2) is 24.3 Å². The van der Waals surface area contributed by atoms with Crippen LogP contribution in [0, 0.1) is 12.8 Å². The monoisotopic (exact) mass is 276 g/mol. The van der Waals surface area contributed by atoms with Gasteiger partial charge >= 0.3 is 0 Å². The molecule has 1 saturated carbocycles. The molecule has 0 saturated heterocycles. The van der Waals surface area contributed by atoms with Crippen LogP contribution in [0.2, 0.25) is 0 Å². The molecule has 2 rings (SSSR count). The standard InChI is InChI=1S/C16H24N2O2/c1-12-5-3-6-13(11-12)20-10-9-18(2)16(19)14-7-4-8-15(14)17/h3,5-6,11,14-15H,4,7-10,17H2,1-2H3/t14-,15+/m0/s1. The van der Waals surface area contributed by atoms with Gasteiger partial charge in [-0.25, -0.2) is 0 Å². The van der Waals surface area contributed by atoms with Crippen LogP contribution in [-0.4, -0.2) is 37.0 Å². The quantitative estimate of drug-likeness (QED) is 0.894. The SMILES string of the molecule is Cc1cccc(OCCN(C)C(=O)[C@H]2CCC[C@H]2N)c1. The van der Waals surface area contributed by atoms with Crippen molar-refractivity contribution in [2.24, 2.45) is 11.7 Å². The van der Waals surface area contributed by atoms with Crippen molar-refractivity contribution in [2.45, 2.75) is 32.2 Å². The molecule has 1 aromatic carbocycles. The fraction of sp³-hybridized carbons (Fsp3) is 0.562. The van der Waals surface area contributed by atoms with Gasteiger partial charge in [-0.05, 0) is 37.5 Å². The summed E-state index contributed by atoms with van der Waals surface area (Å²) in [5.74, 6) is 1.00. The van der Waals surface area contributed by atoms with Crippen LogP contribution in [0.3, 0.4) is 0 Å². The van der Waals surface area contributed by atoms with Gasteiger partial charge in [0.05, 0.1) is 12.5 Å². The second-order valence-electron chi connectivity index (χ2n) is 5.63. The molecular weight excluding hydrogens is 252 g/mol. The highest BCUT2D eigenvalue weighted by Crippen LogP contribution is 2.25. The summed E-state index contributed by atoms with van der Waals surface area (Å²) < 4.78 is 5.67. The van der Waals surface area contributed by atoms with Gasteiger partial charge in [-0.2, -0.15) is 0 Å². The zero-order valence-electron chi connectivity index (χ0n) is 12.3. The molecule has 0 spiro atoms. The zero-order chi connectivity index (χ0) is 14.5. The summed E-state index contributed by atoms with van der Waals surface area (Å²) in [4.78, 5) is 14.0. The smallest absolute Gasteiger partial charge is 0.227 e. The molecule has 110 valence electrons. The van der Waals surface area contributed by atoms with E-state index < -0.39 is 0 Å². The molecule has 0 unspecified atom stereocenters. The third-order valence-electron chi connectivity index (χ3n) is 3.95. The van der Waals surface area contributed by atoms with Gasteiger partial charge in [0.1, 0.15) is 12.4 Å². The first-order valence-corrected chi connectivity index (χ1v) is 7.28. The molecule has 1 aliphatic rings. The van der Waals surface area contributed by atoms with Crippen LogP contribution >= 0.6 is 0 Å². The molecular formula is C16H24N2O2. The number of aryl methyl sites for hydroxylation is 1. The summed E-state index contributed by atoms with van der Waals surface area (Å²) in [7, 11) is 1.83. The van der Waals surface area contributed by atoms with Crippen LogP contribution in [0.1, 0.15) is 24.8 Å². The molecule has 4 nitrogen and oxygen atoms in total. The van der Waals surface area contributed by atoms with E-state index in [1.165, 1.54) is 5.56 Å². The van der Waals surface area contributed by atoms with Crippen LogP contribution < -0.4 is 10.5 Å². The van der Waals surface area contributed by atoms with Gasteiger partial charge in [-0.15, -0.1) is 0 Å². The number of likely N-dealkylation sites (N-methyl/N-ethyl adjacent to an activating group) is 1. The Balaban J connectivity index is 1.77. The maximum absolute atomic E-state index is 12.2. The maximum Gasteiger partial charge on any atom is 0.227 e. The van der Waals surface area contributed by atoms with Crippen LogP contribution in [-0.2, 0) is 4.79 Å².